The van der Waals surface area contributed by atoms with E-state index in [1.807, 2.05) is 0 Å². The Morgan fingerprint density at radius 1 is 1.06 bits per heavy atom. The van der Waals surface area contributed by atoms with E-state index in [-0.39, 0.29) is 6.15 Å². The summed E-state index contributed by atoms with van der Waals surface area (Å²) in [5.74, 6) is 1.89. The molecule has 3 aromatic rings. The average molecular weight is 535 g/mol. The number of aryl methyl sites for hydroxylation is 1. The molecule has 6 nitrogen and oxygen atoms in total. The first-order valence-corrected chi connectivity index (χ1v) is 13.1. The highest BCUT2D eigenvalue weighted by Crippen LogP contribution is 2.40. The first-order valence-electron chi connectivity index (χ1n) is 12.3. The van der Waals surface area contributed by atoms with E-state index < -0.39 is 0 Å². The van der Waals surface area contributed by atoms with Gasteiger partial charge in [0.25, 0.3) is 0 Å². The molecule has 0 radical (unpaired) electrons. The number of rotatable bonds is 7. The molecule has 182 valence electrons. The Hall–Kier alpha value is -2.86. The second-order valence-corrected chi connectivity index (χ2v) is 10.1. The standard InChI is InChI=1S/C27H31BrN4.CO2/c1-19-9-10-23-21(15-19)18-24-26(23)27(29-11-6-14-32-12-3-2-4-13-32)31-25(30-24)17-20-7-5-8-22(28)16-20;2-1-3/h5,7-10,15-16H,2-4,6,11-14,17-18H2,1H3,(H,29,30,31);. The van der Waals surface area contributed by atoms with Crippen LogP contribution in [0.15, 0.2) is 46.9 Å². The van der Waals surface area contributed by atoms with Crippen LogP contribution in [0.1, 0.15) is 53.9 Å². The third-order valence-electron chi connectivity index (χ3n) is 6.56. The van der Waals surface area contributed by atoms with Crippen molar-refractivity contribution in [1.29, 1.82) is 0 Å². The van der Waals surface area contributed by atoms with Crippen LogP contribution in [0.2, 0.25) is 0 Å². The summed E-state index contributed by atoms with van der Waals surface area (Å²) in [6.45, 7) is 6.78. The van der Waals surface area contributed by atoms with Crippen molar-refractivity contribution in [1.82, 2.24) is 14.9 Å². The van der Waals surface area contributed by atoms with E-state index in [4.69, 9.17) is 19.6 Å². The minimum Gasteiger partial charge on any atom is -0.369 e. The number of piperidine rings is 1. The zero-order chi connectivity index (χ0) is 24.6. The van der Waals surface area contributed by atoms with Gasteiger partial charge in [-0.25, -0.2) is 9.97 Å². The summed E-state index contributed by atoms with van der Waals surface area (Å²) in [6, 6.07) is 15.2. The summed E-state index contributed by atoms with van der Waals surface area (Å²) in [6.07, 6.45) is 7.11. The topological polar surface area (TPSA) is 75.2 Å². The van der Waals surface area contributed by atoms with Gasteiger partial charge in [0.1, 0.15) is 11.6 Å². The monoisotopic (exact) mass is 534 g/mol. The minimum atomic E-state index is 0.250. The zero-order valence-electron chi connectivity index (χ0n) is 20.1. The van der Waals surface area contributed by atoms with Crippen LogP contribution in [0.4, 0.5) is 5.82 Å². The molecule has 0 saturated carbocycles. The van der Waals surface area contributed by atoms with Crippen molar-refractivity contribution in [2.45, 2.75) is 45.4 Å². The van der Waals surface area contributed by atoms with Gasteiger partial charge in [-0.3, -0.25) is 0 Å². The van der Waals surface area contributed by atoms with Gasteiger partial charge in [0.05, 0.1) is 5.69 Å². The number of hydrogen-bond acceptors (Lipinski definition) is 6. The normalized spacial score (nSPS) is 14.3. The summed E-state index contributed by atoms with van der Waals surface area (Å²) in [5.41, 5.74) is 7.54. The van der Waals surface area contributed by atoms with Crippen LogP contribution in [-0.4, -0.2) is 47.2 Å². The largest absolute Gasteiger partial charge is 0.373 e. The van der Waals surface area contributed by atoms with Gasteiger partial charge >= 0.3 is 6.15 Å². The fourth-order valence-corrected chi connectivity index (χ4v) is 5.44. The first kappa shape index (κ1) is 25.2. The Balaban J connectivity index is 0.000000917. The molecule has 1 aliphatic carbocycles. The Morgan fingerprint density at radius 3 is 2.63 bits per heavy atom. The molecule has 2 heterocycles. The lowest BCUT2D eigenvalue weighted by atomic mass is 10.0. The second-order valence-electron chi connectivity index (χ2n) is 9.22. The van der Waals surface area contributed by atoms with E-state index >= 15 is 0 Å². The van der Waals surface area contributed by atoms with E-state index in [1.54, 1.807) is 0 Å². The van der Waals surface area contributed by atoms with Crippen LogP contribution in [0, 0.1) is 6.92 Å². The number of anilines is 1. The summed E-state index contributed by atoms with van der Waals surface area (Å²) < 4.78 is 1.09. The number of likely N-dealkylation sites (tertiary alicyclic amines) is 1. The lowest BCUT2D eigenvalue weighted by molar-refractivity contribution is -0.191. The van der Waals surface area contributed by atoms with Crippen LogP contribution in [0.5, 0.6) is 0 Å². The number of aromatic nitrogens is 2. The number of carbonyl (C=O) groups excluding carboxylic acids is 2. The maximum Gasteiger partial charge on any atom is 0.373 e. The summed E-state index contributed by atoms with van der Waals surface area (Å²) in [5, 5.41) is 3.69. The molecule has 1 saturated heterocycles. The molecule has 35 heavy (non-hydrogen) atoms. The molecular formula is C28H31BrN4O2. The summed E-state index contributed by atoms with van der Waals surface area (Å²) in [7, 11) is 0. The van der Waals surface area contributed by atoms with Crippen molar-refractivity contribution in [3.63, 3.8) is 0 Å². The highest BCUT2D eigenvalue weighted by Gasteiger charge is 2.25. The fraction of sp³-hybridized carbons (Fsp3) is 0.393. The molecule has 0 bridgehead atoms. The van der Waals surface area contributed by atoms with Crippen molar-refractivity contribution in [2.24, 2.45) is 0 Å². The number of nitrogens with one attached hydrogen (secondary N) is 1. The molecule has 5 rings (SSSR count). The number of hydrogen-bond donors (Lipinski definition) is 1. The molecule has 2 aromatic carbocycles. The Bertz CT molecular complexity index is 1200. The molecular weight excluding hydrogens is 504 g/mol. The number of benzene rings is 2. The van der Waals surface area contributed by atoms with E-state index in [2.05, 4.69) is 75.5 Å². The Kier molecular flexibility index (Phi) is 8.80. The van der Waals surface area contributed by atoms with Crippen molar-refractivity contribution in [2.75, 3.05) is 31.5 Å². The molecule has 7 heteroatoms. The van der Waals surface area contributed by atoms with Crippen molar-refractivity contribution in [3.8, 4) is 11.1 Å². The van der Waals surface area contributed by atoms with Crippen LogP contribution in [0.3, 0.4) is 0 Å². The Morgan fingerprint density at radius 2 is 1.86 bits per heavy atom. The number of nitrogens with zero attached hydrogens (tertiary/aromatic N) is 3. The molecule has 0 amide bonds. The lowest BCUT2D eigenvalue weighted by Gasteiger charge is -2.26. The SMILES string of the molecule is Cc1ccc2c(c1)Cc1nc(Cc3cccc(Br)c3)nc(NCCCN3CCCCC3)c1-2.O=C=O. The zero-order valence-corrected chi connectivity index (χ0v) is 21.7. The predicted octanol–water partition coefficient (Wildman–Crippen LogP) is 5.41. The summed E-state index contributed by atoms with van der Waals surface area (Å²) >= 11 is 3.58. The van der Waals surface area contributed by atoms with Gasteiger partial charge in [-0.15, -0.1) is 0 Å². The van der Waals surface area contributed by atoms with Gasteiger partial charge in [-0.1, -0.05) is 58.2 Å². The average Bonchev–Trinajstić information content (AvgIpc) is 3.20. The smallest absolute Gasteiger partial charge is 0.369 e. The number of fused-ring (bicyclic) bond motifs is 3. The van der Waals surface area contributed by atoms with Crippen LogP contribution >= 0.6 is 15.9 Å². The van der Waals surface area contributed by atoms with E-state index in [9.17, 15) is 0 Å². The first-order chi connectivity index (χ1) is 17.1. The molecule has 0 atom stereocenters. The van der Waals surface area contributed by atoms with E-state index in [1.165, 1.54) is 66.7 Å². The molecule has 1 aromatic heterocycles. The van der Waals surface area contributed by atoms with E-state index in [0.717, 1.165) is 47.6 Å². The second kappa shape index (κ2) is 12.2. The molecule has 1 N–H and O–H groups in total. The van der Waals surface area contributed by atoms with Gasteiger partial charge < -0.3 is 10.2 Å². The molecule has 0 spiro atoms. The lowest BCUT2D eigenvalue weighted by Crippen LogP contribution is -2.31. The Labute approximate surface area is 215 Å². The van der Waals surface area contributed by atoms with Crippen LogP contribution in [-0.2, 0) is 22.4 Å². The minimum absolute atomic E-state index is 0.250. The molecule has 1 aliphatic heterocycles. The van der Waals surface area contributed by atoms with Gasteiger partial charge in [0.15, 0.2) is 0 Å². The van der Waals surface area contributed by atoms with Crippen molar-refractivity contribution < 1.29 is 9.59 Å². The predicted molar refractivity (Wildman–Crippen MR) is 140 cm³/mol. The third-order valence-corrected chi connectivity index (χ3v) is 7.06. The van der Waals surface area contributed by atoms with Crippen molar-refractivity contribution in [3.05, 3.63) is 75.1 Å². The number of halogens is 1. The van der Waals surface area contributed by atoms with Crippen molar-refractivity contribution >= 4 is 27.9 Å². The third kappa shape index (κ3) is 6.63. The maximum absolute atomic E-state index is 8.12. The highest BCUT2D eigenvalue weighted by atomic mass is 79.9. The molecule has 2 aliphatic rings. The highest BCUT2D eigenvalue weighted by molar-refractivity contribution is 9.10. The van der Waals surface area contributed by atoms with Gasteiger partial charge in [-0.05, 0) is 74.6 Å². The maximum atomic E-state index is 8.12. The van der Waals surface area contributed by atoms with Gasteiger partial charge in [0.2, 0.25) is 0 Å². The fourth-order valence-electron chi connectivity index (χ4n) is 4.99. The van der Waals surface area contributed by atoms with E-state index in [0.29, 0.717) is 0 Å². The molecule has 1 fully saturated rings. The summed E-state index contributed by atoms with van der Waals surface area (Å²) in [4.78, 5) is 28.9. The molecule has 0 unspecified atom stereocenters. The quantitative estimate of drug-likeness (QED) is 0.319. The van der Waals surface area contributed by atoms with Crippen LogP contribution < -0.4 is 5.32 Å². The van der Waals surface area contributed by atoms with Gasteiger partial charge in [0, 0.05) is 29.4 Å². The van der Waals surface area contributed by atoms with Crippen LogP contribution in [0.25, 0.3) is 11.1 Å². The van der Waals surface area contributed by atoms with Gasteiger partial charge in [-0.2, -0.15) is 9.59 Å².